The van der Waals surface area contributed by atoms with Gasteiger partial charge in [0.05, 0.1) is 0 Å². The van der Waals surface area contributed by atoms with Crippen molar-refractivity contribution >= 4 is 0 Å². The van der Waals surface area contributed by atoms with Crippen molar-refractivity contribution in [3.8, 4) is 0 Å². The van der Waals surface area contributed by atoms with Crippen LogP contribution in [0, 0.1) is 11.8 Å². The monoisotopic (exact) mass is 278 g/mol. The number of hydrogen-bond acceptors (Lipinski definition) is 0. The lowest BCUT2D eigenvalue weighted by atomic mass is 9.80. The average Bonchev–Trinajstić information content (AvgIpc) is 2.51. The molecule has 0 unspecified atom stereocenters. The van der Waals surface area contributed by atoms with Crippen molar-refractivity contribution in [2.45, 2.75) is 104 Å². The van der Waals surface area contributed by atoms with Crippen LogP contribution in [0.5, 0.6) is 0 Å². The predicted octanol–water partition coefficient (Wildman–Crippen LogP) is 7.29. The van der Waals surface area contributed by atoms with Gasteiger partial charge in [0.25, 0.3) is 0 Å². The highest BCUT2D eigenvalue weighted by Gasteiger charge is 2.18. The topological polar surface area (TPSA) is 0 Å². The lowest BCUT2D eigenvalue weighted by Gasteiger charge is -2.26. The van der Waals surface area contributed by atoms with Crippen LogP contribution in [-0.2, 0) is 0 Å². The molecule has 3 rings (SSSR count). The molecule has 0 aromatic carbocycles. The first-order valence-electron chi connectivity index (χ1n) is 9.05. The molecule has 0 atom stereocenters. The van der Waals surface area contributed by atoms with Gasteiger partial charge in [-0.2, -0.15) is 0 Å². The maximum atomic E-state index is 2.54. The molecule has 3 aliphatic rings. The van der Waals surface area contributed by atoms with Crippen LogP contribution in [-0.4, -0.2) is 0 Å². The highest BCUT2D eigenvalue weighted by atomic mass is 14.2. The Balaban J connectivity index is 0.000000216. The summed E-state index contributed by atoms with van der Waals surface area (Å²) >= 11 is 0. The number of hydrogen-bond donors (Lipinski definition) is 0. The zero-order valence-corrected chi connectivity index (χ0v) is 13.1. The van der Waals surface area contributed by atoms with Gasteiger partial charge in [-0.15, -0.1) is 0 Å². The van der Waals surface area contributed by atoms with Crippen LogP contribution in [0.25, 0.3) is 0 Å². The summed E-state index contributed by atoms with van der Waals surface area (Å²) in [5, 5.41) is 0. The van der Waals surface area contributed by atoms with Gasteiger partial charge in [-0.1, -0.05) is 77.4 Å². The maximum absolute atomic E-state index is 2.54. The second-order valence-electron chi connectivity index (χ2n) is 7.10. The first kappa shape index (κ1) is 17.8. The van der Waals surface area contributed by atoms with Crippen molar-refractivity contribution in [1.29, 1.82) is 0 Å². The normalized spacial score (nSPS) is 24.9. The van der Waals surface area contributed by atoms with Crippen molar-refractivity contribution in [1.82, 2.24) is 0 Å². The smallest absolute Gasteiger partial charge is 0.0203 e. The Kier molecular flexibility index (Phi) is 9.31. The van der Waals surface area contributed by atoms with Crippen LogP contribution in [0.2, 0.25) is 0 Å². The molecule has 20 heavy (non-hydrogen) atoms. The predicted molar refractivity (Wildman–Crippen MR) is 92.1 cm³/mol. The van der Waals surface area contributed by atoms with Gasteiger partial charge in [0, 0.05) is 0 Å². The largest absolute Gasteiger partial charge is 0.0851 e. The van der Waals surface area contributed by atoms with Gasteiger partial charge < -0.3 is 0 Å². The van der Waals surface area contributed by atoms with E-state index in [1.807, 2.05) is 5.57 Å². The van der Waals surface area contributed by atoms with Crippen LogP contribution in [0.15, 0.2) is 11.6 Å². The molecule has 0 spiro atoms. The molecule has 0 aromatic rings. The van der Waals surface area contributed by atoms with Crippen LogP contribution < -0.4 is 0 Å². The van der Waals surface area contributed by atoms with Gasteiger partial charge in [-0.25, -0.2) is 0 Å². The number of allylic oxidation sites excluding steroid dienone is 2. The van der Waals surface area contributed by atoms with Crippen molar-refractivity contribution in [3.63, 3.8) is 0 Å². The summed E-state index contributed by atoms with van der Waals surface area (Å²) < 4.78 is 0. The van der Waals surface area contributed by atoms with E-state index in [0.717, 1.165) is 11.8 Å². The maximum Gasteiger partial charge on any atom is -0.0203 e. The standard InChI is InChI=1S/C12H20.C7H14.CH4/c1-3-7-11(8-4-1)12-9-5-2-6-10-12;1-7-5-3-2-4-6-7;/h7,12H,1-6,8-10H2;7H,2-6H2,1H3;1H4. The fourth-order valence-electron chi connectivity index (χ4n) is 4.01. The highest BCUT2D eigenvalue weighted by molar-refractivity contribution is 5.09. The molecule has 2 fully saturated rings. The Morgan fingerprint density at radius 3 is 1.80 bits per heavy atom. The first-order chi connectivity index (χ1) is 9.36. The van der Waals surface area contributed by atoms with Crippen molar-refractivity contribution in [2.75, 3.05) is 0 Å². The fraction of sp³-hybridized carbons (Fsp3) is 0.900. The van der Waals surface area contributed by atoms with Gasteiger partial charge in [-0.05, 0) is 50.4 Å². The van der Waals surface area contributed by atoms with E-state index in [1.54, 1.807) is 0 Å². The van der Waals surface area contributed by atoms with E-state index < -0.39 is 0 Å². The minimum atomic E-state index is 0. The van der Waals surface area contributed by atoms with Gasteiger partial charge in [0.15, 0.2) is 0 Å². The fourth-order valence-corrected chi connectivity index (χ4v) is 4.01. The summed E-state index contributed by atoms with van der Waals surface area (Å²) in [7, 11) is 0. The molecular formula is C20H38. The molecule has 2 saturated carbocycles. The Labute approximate surface area is 128 Å². The molecule has 0 nitrogen and oxygen atoms in total. The van der Waals surface area contributed by atoms with E-state index in [2.05, 4.69) is 13.0 Å². The quantitative estimate of drug-likeness (QED) is 0.442. The molecule has 0 aromatic heterocycles. The third kappa shape index (κ3) is 6.46. The Morgan fingerprint density at radius 2 is 1.35 bits per heavy atom. The van der Waals surface area contributed by atoms with E-state index in [0.29, 0.717) is 0 Å². The SMILES string of the molecule is C.C1=C(C2CCCCC2)CCCC1.CC1CCCCC1. The second kappa shape index (κ2) is 10.5. The average molecular weight is 279 g/mol. The molecule has 0 saturated heterocycles. The summed E-state index contributed by atoms with van der Waals surface area (Å²) in [6.45, 7) is 2.36. The van der Waals surface area contributed by atoms with E-state index in [-0.39, 0.29) is 7.43 Å². The minimum Gasteiger partial charge on any atom is -0.0851 e. The first-order valence-corrected chi connectivity index (χ1v) is 9.05. The van der Waals surface area contributed by atoms with Crippen LogP contribution >= 0.6 is 0 Å². The molecule has 118 valence electrons. The van der Waals surface area contributed by atoms with Gasteiger partial charge >= 0.3 is 0 Å². The van der Waals surface area contributed by atoms with Crippen molar-refractivity contribution in [2.24, 2.45) is 11.8 Å². The van der Waals surface area contributed by atoms with E-state index in [4.69, 9.17) is 0 Å². The number of rotatable bonds is 1. The molecule has 3 aliphatic carbocycles. The second-order valence-corrected chi connectivity index (χ2v) is 7.10. The molecule has 0 bridgehead atoms. The molecule has 0 amide bonds. The molecule has 0 radical (unpaired) electrons. The van der Waals surface area contributed by atoms with Gasteiger partial charge in [0.2, 0.25) is 0 Å². The minimum absolute atomic E-state index is 0. The molecule has 0 N–H and O–H groups in total. The zero-order valence-electron chi connectivity index (χ0n) is 13.1. The van der Waals surface area contributed by atoms with E-state index >= 15 is 0 Å². The Hall–Kier alpha value is -0.260. The summed E-state index contributed by atoms with van der Waals surface area (Å²) in [6.07, 6.45) is 23.1. The van der Waals surface area contributed by atoms with E-state index in [1.165, 1.54) is 89.9 Å². The third-order valence-electron chi connectivity index (χ3n) is 5.35. The highest BCUT2D eigenvalue weighted by Crippen LogP contribution is 2.34. The van der Waals surface area contributed by atoms with Crippen LogP contribution in [0.1, 0.15) is 104 Å². The van der Waals surface area contributed by atoms with Crippen molar-refractivity contribution in [3.05, 3.63) is 11.6 Å². The van der Waals surface area contributed by atoms with Crippen LogP contribution in [0.3, 0.4) is 0 Å². The summed E-state index contributed by atoms with van der Waals surface area (Å²) in [6, 6.07) is 0. The Morgan fingerprint density at radius 1 is 0.750 bits per heavy atom. The van der Waals surface area contributed by atoms with Crippen molar-refractivity contribution < 1.29 is 0 Å². The summed E-state index contributed by atoms with van der Waals surface area (Å²) in [5.74, 6) is 2.03. The molecule has 0 heterocycles. The Bertz CT molecular complexity index is 251. The molecular weight excluding hydrogens is 240 g/mol. The lowest BCUT2D eigenvalue weighted by Crippen LogP contribution is -2.10. The van der Waals surface area contributed by atoms with Gasteiger partial charge in [-0.3, -0.25) is 0 Å². The summed E-state index contributed by atoms with van der Waals surface area (Å²) in [5.41, 5.74) is 1.82. The lowest BCUT2D eigenvalue weighted by molar-refractivity contribution is 0.385. The zero-order chi connectivity index (χ0) is 13.3. The molecule has 0 aliphatic heterocycles. The third-order valence-corrected chi connectivity index (χ3v) is 5.35. The summed E-state index contributed by atoms with van der Waals surface area (Å²) in [4.78, 5) is 0. The molecule has 0 heteroatoms. The van der Waals surface area contributed by atoms with E-state index in [9.17, 15) is 0 Å². The van der Waals surface area contributed by atoms with Gasteiger partial charge in [0.1, 0.15) is 0 Å². The van der Waals surface area contributed by atoms with Crippen LogP contribution in [0.4, 0.5) is 0 Å².